The molecule has 6 nitrogen and oxygen atoms in total. The molecule has 0 bridgehead atoms. The summed E-state index contributed by atoms with van der Waals surface area (Å²) in [7, 11) is 0. The fourth-order valence-electron chi connectivity index (χ4n) is 3.34. The van der Waals surface area contributed by atoms with Crippen molar-refractivity contribution in [1.82, 2.24) is 9.88 Å². The molecule has 6 heteroatoms. The third kappa shape index (κ3) is 3.30. The Kier molecular flexibility index (Phi) is 4.90. The van der Waals surface area contributed by atoms with Gasteiger partial charge in [0.2, 0.25) is 0 Å². The van der Waals surface area contributed by atoms with E-state index in [1.807, 2.05) is 37.3 Å². The molecule has 2 aromatic rings. The predicted molar refractivity (Wildman–Crippen MR) is 92.7 cm³/mol. The van der Waals surface area contributed by atoms with Crippen LogP contribution in [0.1, 0.15) is 64.5 Å². The Morgan fingerprint density at radius 1 is 1.36 bits per heavy atom. The standard InChI is InChI=1S/C19H22N2O4/c1-3-15(13-7-5-4-6-8-13)20-18(22)16-11-14(19(23)24)17-12(2)25-10-9-21(16)17/h4-8,11-12,15H,3,9-10H2,1-2H3,(H,20,22)(H,23,24)/t12?,15-/m1/s1. The molecular weight excluding hydrogens is 320 g/mol. The van der Waals surface area contributed by atoms with Crippen molar-refractivity contribution in [3.63, 3.8) is 0 Å². The van der Waals surface area contributed by atoms with E-state index in [9.17, 15) is 14.7 Å². The Morgan fingerprint density at radius 2 is 2.08 bits per heavy atom. The van der Waals surface area contributed by atoms with Crippen LogP contribution < -0.4 is 5.32 Å². The number of fused-ring (bicyclic) bond motifs is 1. The van der Waals surface area contributed by atoms with E-state index >= 15 is 0 Å². The van der Waals surface area contributed by atoms with Gasteiger partial charge in [-0.2, -0.15) is 0 Å². The van der Waals surface area contributed by atoms with Crippen LogP contribution in [-0.4, -0.2) is 28.2 Å². The van der Waals surface area contributed by atoms with Crippen LogP contribution in [-0.2, 0) is 11.3 Å². The number of carbonyl (C=O) groups excluding carboxylic acids is 1. The number of ether oxygens (including phenoxy) is 1. The average Bonchev–Trinajstić information content (AvgIpc) is 3.02. The van der Waals surface area contributed by atoms with Gasteiger partial charge in [0.25, 0.3) is 5.91 Å². The summed E-state index contributed by atoms with van der Waals surface area (Å²) in [5.74, 6) is -1.31. The van der Waals surface area contributed by atoms with Gasteiger partial charge in [-0.05, 0) is 25.0 Å². The number of aromatic carboxylic acids is 1. The summed E-state index contributed by atoms with van der Waals surface area (Å²) in [4.78, 5) is 24.4. The van der Waals surface area contributed by atoms with Gasteiger partial charge >= 0.3 is 5.97 Å². The number of amides is 1. The van der Waals surface area contributed by atoms with Crippen LogP contribution in [0.15, 0.2) is 36.4 Å². The van der Waals surface area contributed by atoms with E-state index in [0.29, 0.717) is 24.5 Å². The summed E-state index contributed by atoms with van der Waals surface area (Å²) >= 11 is 0. The molecule has 2 atom stereocenters. The van der Waals surface area contributed by atoms with Gasteiger partial charge in [0.05, 0.1) is 30.0 Å². The van der Waals surface area contributed by atoms with Gasteiger partial charge in [-0.1, -0.05) is 37.3 Å². The number of aromatic nitrogens is 1. The molecule has 2 N–H and O–H groups in total. The van der Waals surface area contributed by atoms with Gasteiger partial charge in [-0.3, -0.25) is 4.79 Å². The third-order valence-corrected chi connectivity index (χ3v) is 4.58. The molecule has 1 aliphatic heterocycles. The molecule has 2 heterocycles. The van der Waals surface area contributed by atoms with E-state index in [1.54, 1.807) is 11.5 Å². The molecule has 25 heavy (non-hydrogen) atoms. The highest BCUT2D eigenvalue weighted by Gasteiger charge is 2.30. The number of hydrogen-bond donors (Lipinski definition) is 2. The molecule has 0 fully saturated rings. The van der Waals surface area contributed by atoms with Gasteiger partial charge in [-0.15, -0.1) is 0 Å². The summed E-state index contributed by atoms with van der Waals surface area (Å²) in [5.41, 5.74) is 2.08. The molecule has 0 aliphatic carbocycles. The Morgan fingerprint density at radius 3 is 2.72 bits per heavy atom. The second-order valence-corrected chi connectivity index (χ2v) is 6.14. The minimum Gasteiger partial charge on any atom is -0.478 e. The van der Waals surface area contributed by atoms with Crippen LogP contribution in [0.3, 0.4) is 0 Å². The molecule has 1 aromatic heterocycles. The van der Waals surface area contributed by atoms with Gasteiger partial charge in [-0.25, -0.2) is 4.79 Å². The first-order valence-electron chi connectivity index (χ1n) is 8.47. The van der Waals surface area contributed by atoms with Crippen molar-refractivity contribution in [1.29, 1.82) is 0 Å². The van der Waals surface area contributed by atoms with Crippen molar-refractivity contribution in [2.75, 3.05) is 6.61 Å². The minimum absolute atomic E-state index is 0.120. The molecule has 0 radical (unpaired) electrons. The molecule has 132 valence electrons. The molecule has 0 saturated heterocycles. The molecule has 0 saturated carbocycles. The largest absolute Gasteiger partial charge is 0.478 e. The number of carbonyl (C=O) groups is 2. The first-order valence-corrected chi connectivity index (χ1v) is 8.47. The molecule has 0 spiro atoms. The fraction of sp³-hybridized carbons (Fsp3) is 0.368. The summed E-state index contributed by atoms with van der Waals surface area (Å²) in [6, 6.07) is 11.1. The number of nitrogens with one attached hydrogen (secondary N) is 1. The van der Waals surface area contributed by atoms with E-state index in [-0.39, 0.29) is 23.6 Å². The number of nitrogens with zero attached hydrogens (tertiary/aromatic N) is 1. The van der Waals surface area contributed by atoms with E-state index in [1.165, 1.54) is 6.07 Å². The van der Waals surface area contributed by atoms with Crippen molar-refractivity contribution in [3.05, 3.63) is 58.9 Å². The van der Waals surface area contributed by atoms with Crippen molar-refractivity contribution in [2.45, 2.75) is 39.0 Å². The predicted octanol–water partition coefficient (Wildman–Crippen LogP) is 3.16. The van der Waals surface area contributed by atoms with E-state index < -0.39 is 5.97 Å². The lowest BCUT2D eigenvalue weighted by atomic mass is 10.0. The van der Waals surface area contributed by atoms with Crippen molar-refractivity contribution >= 4 is 11.9 Å². The maximum Gasteiger partial charge on any atom is 0.337 e. The maximum atomic E-state index is 12.8. The average molecular weight is 342 g/mol. The Bertz CT molecular complexity index is 782. The van der Waals surface area contributed by atoms with Crippen LogP contribution in [0.5, 0.6) is 0 Å². The summed E-state index contributed by atoms with van der Waals surface area (Å²) < 4.78 is 7.31. The zero-order chi connectivity index (χ0) is 18.0. The second kappa shape index (κ2) is 7.11. The van der Waals surface area contributed by atoms with Crippen molar-refractivity contribution in [2.24, 2.45) is 0 Å². The SMILES string of the molecule is CC[C@@H](NC(=O)c1cc(C(=O)O)c2n1CCOC2C)c1ccccc1. The van der Waals surface area contributed by atoms with Crippen LogP contribution in [0, 0.1) is 0 Å². The number of hydrogen-bond acceptors (Lipinski definition) is 3. The van der Waals surface area contributed by atoms with Gasteiger partial charge in [0.1, 0.15) is 5.69 Å². The fourth-order valence-corrected chi connectivity index (χ4v) is 3.34. The van der Waals surface area contributed by atoms with E-state index in [2.05, 4.69) is 5.32 Å². The Labute approximate surface area is 146 Å². The van der Waals surface area contributed by atoms with Gasteiger partial charge < -0.3 is 19.7 Å². The zero-order valence-corrected chi connectivity index (χ0v) is 14.4. The number of benzene rings is 1. The number of rotatable bonds is 5. The first kappa shape index (κ1) is 17.2. The number of carboxylic acid groups (broad SMARTS) is 1. The zero-order valence-electron chi connectivity index (χ0n) is 14.4. The maximum absolute atomic E-state index is 12.8. The highest BCUT2D eigenvalue weighted by molar-refractivity contribution is 5.98. The molecule has 1 aliphatic rings. The highest BCUT2D eigenvalue weighted by Crippen LogP contribution is 2.29. The van der Waals surface area contributed by atoms with Crippen LogP contribution in [0.2, 0.25) is 0 Å². The summed E-state index contributed by atoms with van der Waals surface area (Å²) in [5, 5.41) is 12.5. The lowest BCUT2D eigenvalue weighted by Crippen LogP contribution is -2.31. The summed E-state index contributed by atoms with van der Waals surface area (Å²) in [6.45, 7) is 4.73. The van der Waals surface area contributed by atoms with Crippen LogP contribution in [0.25, 0.3) is 0 Å². The van der Waals surface area contributed by atoms with E-state index in [4.69, 9.17) is 4.74 Å². The van der Waals surface area contributed by atoms with Crippen molar-refractivity contribution in [3.8, 4) is 0 Å². The van der Waals surface area contributed by atoms with E-state index in [0.717, 1.165) is 12.0 Å². The normalized spacial score (nSPS) is 17.6. The van der Waals surface area contributed by atoms with Crippen LogP contribution >= 0.6 is 0 Å². The third-order valence-electron chi connectivity index (χ3n) is 4.58. The summed E-state index contributed by atoms with van der Waals surface area (Å²) in [6.07, 6.45) is 0.395. The minimum atomic E-state index is -1.05. The van der Waals surface area contributed by atoms with Gasteiger partial charge in [0, 0.05) is 6.54 Å². The Hall–Kier alpha value is -2.60. The first-order chi connectivity index (χ1) is 12.0. The smallest absolute Gasteiger partial charge is 0.337 e. The lowest BCUT2D eigenvalue weighted by molar-refractivity contribution is 0.0300. The molecule has 1 unspecified atom stereocenters. The topological polar surface area (TPSA) is 80.6 Å². The highest BCUT2D eigenvalue weighted by atomic mass is 16.5. The lowest BCUT2D eigenvalue weighted by Gasteiger charge is -2.25. The Balaban J connectivity index is 1.92. The molecular formula is C19H22N2O4. The quantitative estimate of drug-likeness (QED) is 0.875. The molecule has 3 rings (SSSR count). The number of carboxylic acids is 1. The van der Waals surface area contributed by atoms with Crippen LogP contribution in [0.4, 0.5) is 0 Å². The second-order valence-electron chi connectivity index (χ2n) is 6.14. The van der Waals surface area contributed by atoms with Crippen molar-refractivity contribution < 1.29 is 19.4 Å². The van der Waals surface area contributed by atoms with Gasteiger partial charge in [0.15, 0.2) is 0 Å². The monoisotopic (exact) mass is 342 g/mol. The molecule has 1 aromatic carbocycles. The molecule has 1 amide bonds.